The summed E-state index contributed by atoms with van der Waals surface area (Å²) in [5.74, 6) is 0.219. The standard InChI is InChI=1S/C7H8ClN3O2S/c8-7-9-4-3-6(10-7)11-14(12,13)5-1-2-5/h3-5H,1-2H2,(H,9,10,11). The van der Waals surface area contributed by atoms with Crippen LogP contribution in [0.1, 0.15) is 12.8 Å². The van der Waals surface area contributed by atoms with Crippen molar-refractivity contribution in [1.82, 2.24) is 9.97 Å². The molecule has 0 aliphatic heterocycles. The Kier molecular flexibility index (Phi) is 2.32. The molecule has 0 radical (unpaired) electrons. The van der Waals surface area contributed by atoms with Crippen molar-refractivity contribution in [2.45, 2.75) is 18.1 Å². The molecule has 1 saturated carbocycles. The third kappa shape index (κ3) is 2.13. The summed E-state index contributed by atoms with van der Waals surface area (Å²) in [6, 6.07) is 1.46. The average Bonchev–Trinajstić information content (AvgIpc) is 2.84. The summed E-state index contributed by atoms with van der Waals surface area (Å²) in [6.45, 7) is 0. The van der Waals surface area contributed by atoms with Gasteiger partial charge in [-0.05, 0) is 30.5 Å². The van der Waals surface area contributed by atoms with E-state index in [0.29, 0.717) is 12.8 Å². The SMILES string of the molecule is O=S(=O)(Nc1ccnc(Cl)n1)C1CC1. The molecule has 5 nitrogen and oxygen atoms in total. The second-order valence-corrected chi connectivity index (χ2v) is 5.36. The molecule has 1 aliphatic rings. The van der Waals surface area contributed by atoms with Crippen LogP contribution in [-0.2, 0) is 10.0 Å². The first-order chi connectivity index (χ1) is 6.58. The Morgan fingerprint density at radius 2 is 2.21 bits per heavy atom. The summed E-state index contributed by atoms with van der Waals surface area (Å²) in [5, 5.41) is -0.239. The van der Waals surface area contributed by atoms with Crippen LogP contribution in [0.15, 0.2) is 12.3 Å². The van der Waals surface area contributed by atoms with E-state index >= 15 is 0 Å². The molecule has 0 amide bonds. The van der Waals surface area contributed by atoms with Gasteiger partial charge in [0.05, 0.1) is 5.25 Å². The van der Waals surface area contributed by atoms with Crippen LogP contribution in [-0.4, -0.2) is 23.6 Å². The Balaban J connectivity index is 2.18. The van der Waals surface area contributed by atoms with Gasteiger partial charge < -0.3 is 0 Å². The first kappa shape index (κ1) is 9.67. The lowest BCUT2D eigenvalue weighted by molar-refractivity contribution is 0.600. The van der Waals surface area contributed by atoms with Crippen LogP contribution >= 0.6 is 11.6 Å². The van der Waals surface area contributed by atoms with Crippen molar-refractivity contribution in [3.63, 3.8) is 0 Å². The summed E-state index contributed by atoms with van der Waals surface area (Å²) in [4.78, 5) is 7.38. The minimum absolute atomic E-state index is 0.0287. The van der Waals surface area contributed by atoms with E-state index < -0.39 is 10.0 Å². The first-order valence-corrected chi connectivity index (χ1v) is 6.00. The molecule has 7 heteroatoms. The van der Waals surface area contributed by atoms with E-state index in [0.717, 1.165) is 0 Å². The maximum atomic E-state index is 11.5. The Labute approximate surface area is 86.6 Å². The average molecular weight is 234 g/mol. The zero-order valence-corrected chi connectivity index (χ0v) is 8.72. The Hall–Kier alpha value is -0.880. The second kappa shape index (κ2) is 3.36. The number of nitrogens with one attached hydrogen (secondary N) is 1. The molecule has 0 atom stereocenters. The Morgan fingerprint density at radius 1 is 1.50 bits per heavy atom. The lowest BCUT2D eigenvalue weighted by Gasteiger charge is -2.04. The van der Waals surface area contributed by atoms with Crippen LogP contribution in [0.3, 0.4) is 0 Å². The maximum absolute atomic E-state index is 11.5. The lowest BCUT2D eigenvalue weighted by Crippen LogP contribution is -2.18. The molecule has 1 aromatic rings. The van der Waals surface area contributed by atoms with Crippen LogP contribution in [0, 0.1) is 0 Å². The molecule has 1 fully saturated rings. The maximum Gasteiger partial charge on any atom is 0.236 e. The van der Waals surface area contributed by atoms with Crippen LogP contribution in [0.5, 0.6) is 0 Å². The monoisotopic (exact) mass is 233 g/mol. The second-order valence-electron chi connectivity index (χ2n) is 3.06. The van der Waals surface area contributed by atoms with Gasteiger partial charge in [0.2, 0.25) is 15.3 Å². The van der Waals surface area contributed by atoms with Crippen molar-refractivity contribution < 1.29 is 8.42 Å². The zero-order chi connectivity index (χ0) is 10.2. The van der Waals surface area contributed by atoms with E-state index in [4.69, 9.17) is 11.6 Å². The van der Waals surface area contributed by atoms with Crippen LogP contribution in [0.25, 0.3) is 0 Å². The minimum Gasteiger partial charge on any atom is -0.267 e. The van der Waals surface area contributed by atoms with E-state index in [9.17, 15) is 8.42 Å². The van der Waals surface area contributed by atoms with Gasteiger partial charge in [-0.1, -0.05) is 0 Å². The molecule has 0 saturated heterocycles. The van der Waals surface area contributed by atoms with Crippen molar-refractivity contribution in [2.24, 2.45) is 0 Å². The topological polar surface area (TPSA) is 72.0 Å². The fourth-order valence-electron chi connectivity index (χ4n) is 0.999. The van der Waals surface area contributed by atoms with Gasteiger partial charge in [0, 0.05) is 6.20 Å². The molecule has 0 aromatic carbocycles. The molecular formula is C7H8ClN3O2S. The third-order valence-corrected chi connectivity index (χ3v) is 3.86. The van der Waals surface area contributed by atoms with Crippen LogP contribution in [0.4, 0.5) is 5.82 Å². The lowest BCUT2D eigenvalue weighted by atomic mass is 10.6. The number of rotatable bonds is 3. The van der Waals surface area contributed by atoms with Gasteiger partial charge in [-0.3, -0.25) is 4.72 Å². The first-order valence-electron chi connectivity index (χ1n) is 4.08. The largest absolute Gasteiger partial charge is 0.267 e. The predicted molar refractivity (Wildman–Crippen MR) is 52.6 cm³/mol. The molecule has 2 rings (SSSR count). The van der Waals surface area contributed by atoms with Crippen LogP contribution in [0.2, 0.25) is 5.28 Å². The van der Waals surface area contributed by atoms with Gasteiger partial charge in [0.15, 0.2) is 0 Å². The molecule has 1 heterocycles. The van der Waals surface area contributed by atoms with E-state index in [2.05, 4.69) is 14.7 Å². The summed E-state index contributed by atoms with van der Waals surface area (Å²) in [6.07, 6.45) is 2.84. The molecule has 76 valence electrons. The normalized spacial score (nSPS) is 16.6. The van der Waals surface area contributed by atoms with Gasteiger partial charge in [-0.25, -0.2) is 13.4 Å². The third-order valence-electron chi connectivity index (χ3n) is 1.84. The molecule has 14 heavy (non-hydrogen) atoms. The Morgan fingerprint density at radius 3 is 2.79 bits per heavy atom. The van der Waals surface area contributed by atoms with Crippen molar-refractivity contribution >= 4 is 27.4 Å². The number of nitrogens with zero attached hydrogens (tertiary/aromatic N) is 2. The number of hydrogen-bond acceptors (Lipinski definition) is 4. The zero-order valence-electron chi connectivity index (χ0n) is 7.14. The summed E-state index contributed by atoms with van der Waals surface area (Å²) >= 11 is 5.51. The number of anilines is 1. The van der Waals surface area contributed by atoms with Crippen molar-refractivity contribution in [1.29, 1.82) is 0 Å². The van der Waals surface area contributed by atoms with Gasteiger partial charge in [0.1, 0.15) is 5.82 Å². The number of sulfonamides is 1. The molecule has 1 aromatic heterocycles. The Bertz CT molecular complexity index is 444. The van der Waals surface area contributed by atoms with Crippen molar-refractivity contribution in [3.05, 3.63) is 17.5 Å². The fraction of sp³-hybridized carbons (Fsp3) is 0.429. The van der Waals surface area contributed by atoms with E-state index in [1.807, 2.05) is 0 Å². The highest BCUT2D eigenvalue weighted by Gasteiger charge is 2.35. The van der Waals surface area contributed by atoms with Crippen molar-refractivity contribution in [2.75, 3.05) is 4.72 Å². The van der Waals surface area contributed by atoms with Gasteiger partial charge >= 0.3 is 0 Å². The fourth-order valence-corrected chi connectivity index (χ4v) is 2.48. The minimum atomic E-state index is -3.26. The highest BCUT2D eigenvalue weighted by molar-refractivity contribution is 7.93. The molecular weight excluding hydrogens is 226 g/mol. The highest BCUT2D eigenvalue weighted by atomic mass is 35.5. The molecule has 0 bridgehead atoms. The predicted octanol–water partition coefficient (Wildman–Crippen LogP) is 1.03. The van der Waals surface area contributed by atoms with Gasteiger partial charge in [-0.15, -0.1) is 0 Å². The van der Waals surface area contributed by atoms with Gasteiger partial charge in [-0.2, -0.15) is 4.98 Å². The van der Waals surface area contributed by atoms with Gasteiger partial charge in [0.25, 0.3) is 0 Å². The summed E-state index contributed by atoms with van der Waals surface area (Å²) in [7, 11) is -3.26. The molecule has 0 spiro atoms. The quantitative estimate of drug-likeness (QED) is 0.792. The summed E-state index contributed by atoms with van der Waals surface area (Å²) in [5.41, 5.74) is 0. The molecule has 0 unspecified atom stereocenters. The van der Waals surface area contributed by atoms with Crippen molar-refractivity contribution in [3.8, 4) is 0 Å². The number of aromatic nitrogens is 2. The van der Waals surface area contributed by atoms with E-state index in [-0.39, 0.29) is 16.4 Å². The number of halogens is 1. The highest BCUT2D eigenvalue weighted by Crippen LogP contribution is 2.29. The van der Waals surface area contributed by atoms with E-state index in [1.54, 1.807) is 0 Å². The van der Waals surface area contributed by atoms with Crippen LogP contribution < -0.4 is 4.72 Å². The van der Waals surface area contributed by atoms with E-state index in [1.165, 1.54) is 12.3 Å². The molecule has 1 N–H and O–H groups in total. The molecule has 1 aliphatic carbocycles. The smallest absolute Gasteiger partial charge is 0.236 e. The summed E-state index contributed by atoms with van der Waals surface area (Å²) < 4.78 is 25.3. The number of hydrogen-bond donors (Lipinski definition) is 1.